The first-order valence-corrected chi connectivity index (χ1v) is 6.05. The molecule has 1 aromatic heterocycles. The minimum absolute atomic E-state index is 0.144. The molecular formula is C13H21N3O2. The van der Waals surface area contributed by atoms with E-state index >= 15 is 0 Å². The van der Waals surface area contributed by atoms with Gasteiger partial charge in [-0.1, -0.05) is 19.9 Å². The first kappa shape index (κ1) is 14.4. The van der Waals surface area contributed by atoms with Crippen LogP contribution in [0.3, 0.4) is 0 Å². The van der Waals surface area contributed by atoms with Gasteiger partial charge in [0, 0.05) is 18.3 Å². The second-order valence-corrected chi connectivity index (χ2v) is 4.63. The zero-order valence-electron chi connectivity index (χ0n) is 11.1. The van der Waals surface area contributed by atoms with Crippen molar-refractivity contribution in [2.75, 3.05) is 7.11 Å². The zero-order valence-corrected chi connectivity index (χ0v) is 11.1. The van der Waals surface area contributed by atoms with E-state index in [0.29, 0.717) is 24.8 Å². The van der Waals surface area contributed by atoms with Crippen LogP contribution in [0.25, 0.3) is 0 Å². The fourth-order valence-corrected chi connectivity index (χ4v) is 1.67. The van der Waals surface area contributed by atoms with Crippen LogP contribution in [0, 0.1) is 5.92 Å². The molecule has 0 spiro atoms. The Hall–Kier alpha value is -1.62. The highest BCUT2D eigenvalue weighted by molar-refractivity contribution is 5.81. The van der Waals surface area contributed by atoms with Crippen LogP contribution in [0.15, 0.2) is 18.3 Å². The average molecular weight is 251 g/mol. The van der Waals surface area contributed by atoms with E-state index in [9.17, 15) is 4.79 Å². The molecule has 18 heavy (non-hydrogen) atoms. The van der Waals surface area contributed by atoms with Crippen molar-refractivity contribution >= 4 is 5.91 Å². The number of pyridine rings is 1. The molecule has 100 valence electrons. The molecule has 0 saturated carbocycles. The summed E-state index contributed by atoms with van der Waals surface area (Å²) in [5, 5.41) is 2.79. The first-order valence-electron chi connectivity index (χ1n) is 6.05. The maximum absolute atomic E-state index is 11.8. The maximum Gasteiger partial charge on any atom is 0.237 e. The van der Waals surface area contributed by atoms with Crippen molar-refractivity contribution in [1.82, 2.24) is 10.3 Å². The van der Waals surface area contributed by atoms with Gasteiger partial charge >= 0.3 is 0 Å². The van der Waals surface area contributed by atoms with Gasteiger partial charge in [-0.25, -0.2) is 4.98 Å². The minimum Gasteiger partial charge on any atom is -0.481 e. The number of carbonyl (C=O) groups is 1. The topological polar surface area (TPSA) is 77.2 Å². The number of nitrogens with zero attached hydrogens (tertiary/aromatic N) is 1. The van der Waals surface area contributed by atoms with Crippen LogP contribution in [0.4, 0.5) is 0 Å². The van der Waals surface area contributed by atoms with Gasteiger partial charge in [0.25, 0.3) is 0 Å². The lowest BCUT2D eigenvalue weighted by molar-refractivity contribution is -0.122. The van der Waals surface area contributed by atoms with E-state index in [1.54, 1.807) is 19.4 Å². The standard InChI is InChI=1S/C13H21N3O2/c1-9(2)7-11(14)12(17)16-8-10-5-4-6-15-13(10)18-3/h4-6,9,11H,7-8,14H2,1-3H3,(H,16,17)/t11-/m0/s1. The summed E-state index contributed by atoms with van der Waals surface area (Å²) in [5.74, 6) is 0.781. The summed E-state index contributed by atoms with van der Waals surface area (Å²) in [6.45, 7) is 4.45. The van der Waals surface area contributed by atoms with Crippen molar-refractivity contribution in [2.45, 2.75) is 32.9 Å². The molecule has 0 bridgehead atoms. The highest BCUT2D eigenvalue weighted by atomic mass is 16.5. The van der Waals surface area contributed by atoms with Gasteiger partial charge in [-0.3, -0.25) is 4.79 Å². The molecule has 0 aliphatic rings. The van der Waals surface area contributed by atoms with Crippen LogP contribution >= 0.6 is 0 Å². The summed E-state index contributed by atoms with van der Waals surface area (Å²) in [5.41, 5.74) is 6.63. The van der Waals surface area contributed by atoms with E-state index in [-0.39, 0.29) is 5.91 Å². The van der Waals surface area contributed by atoms with E-state index < -0.39 is 6.04 Å². The Balaban J connectivity index is 2.52. The van der Waals surface area contributed by atoms with Crippen molar-refractivity contribution in [1.29, 1.82) is 0 Å². The highest BCUT2D eigenvalue weighted by Gasteiger charge is 2.15. The Bertz CT molecular complexity index is 394. The third-order valence-electron chi connectivity index (χ3n) is 2.56. The van der Waals surface area contributed by atoms with Crippen LogP contribution in [-0.4, -0.2) is 24.0 Å². The van der Waals surface area contributed by atoms with Crippen molar-refractivity contribution in [3.63, 3.8) is 0 Å². The molecule has 0 unspecified atom stereocenters. The Kier molecular flexibility index (Phi) is 5.58. The summed E-state index contributed by atoms with van der Waals surface area (Å²) >= 11 is 0. The lowest BCUT2D eigenvalue weighted by atomic mass is 10.0. The molecule has 0 saturated heterocycles. The highest BCUT2D eigenvalue weighted by Crippen LogP contribution is 2.13. The normalized spacial score (nSPS) is 12.3. The van der Waals surface area contributed by atoms with Gasteiger partial charge < -0.3 is 15.8 Å². The molecule has 5 heteroatoms. The molecular weight excluding hydrogens is 230 g/mol. The molecule has 0 aliphatic heterocycles. The van der Waals surface area contributed by atoms with Gasteiger partial charge in [0.05, 0.1) is 13.2 Å². The summed E-state index contributed by atoms with van der Waals surface area (Å²) in [4.78, 5) is 15.8. The Labute approximate surface area is 108 Å². The number of aromatic nitrogens is 1. The van der Waals surface area contributed by atoms with E-state index in [1.807, 2.05) is 19.9 Å². The van der Waals surface area contributed by atoms with E-state index in [4.69, 9.17) is 10.5 Å². The van der Waals surface area contributed by atoms with Gasteiger partial charge in [-0.15, -0.1) is 0 Å². The minimum atomic E-state index is -0.465. The van der Waals surface area contributed by atoms with Crippen LogP contribution in [0.1, 0.15) is 25.8 Å². The van der Waals surface area contributed by atoms with Gasteiger partial charge in [0.1, 0.15) is 0 Å². The number of hydrogen-bond donors (Lipinski definition) is 2. The summed E-state index contributed by atoms with van der Waals surface area (Å²) < 4.78 is 5.11. The van der Waals surface area contributed by atoms with Crippen LogP contribution < -0.4 is 15.8 Å². The lowest BCUT2D eigenvalue weighted by Gasteiger charge is -2.14. The van der Waals surface area contributed by atoms with Crippen molar-refractivity contribution < 1.29 is 9.53 Å². The smallest absolute Gasteiger partial charge is 0.237 e. The number of nitrogens with one attached hydrogen (secondary N) is 1. The third-order valence-corrected chi connectivity index (χ3v) is 2.56. The molecule has 1 atom stereocenters. The van der Waals surface area contributed by atoms with Crippen LogP contribution in [0.5, 0.6) is 5.88 Å². The quantitative estimate of drug-likeness (QED) is 0.793. The van der Waals surface area contributed by atoms with E-state index in [0.717, 1.165) is 5.56 Å². The molecule has 0 aromatic carbocycles. The summed E-state index contributed by atoms with van der Waals surface area (Å²) in [6, 6.07) is 3.20. The first-order chi connectivity index (χ1) is 8.54. The van der Waals surface area contributed by atoms with Gasteiger partial charge in [0.15, 0.2) is 0 Å². The van der Waals surface area contributed by atoms with Gasteiger partial charge in [0.2, 0.25) is 11.8 Å². The number of rotatable bonds is 6. The number of hydrogen-bond acceptors (Lipinski definition) is 4. The monoisotopic (exact) mass is 251 g/mol. The van der Waals surface area contributed by atoms with E-state index in [2.05, 4.69) is 10.3 Å². The molecule has 5 nitrogen and oxygen atoms in total. The molecule has 1 rings (SSSR count). The second-order valence-electron chi connectivity index (χ2n) is 4.63. The maximum atomic E-state index is 11.8. The summed E-state index contributed by atoms with van der Waals surface area (Å²) in [6.07, 6.45) is 2.32. The Morgan fingerprint density at radius 1 is 1.56 bits per heavy atom. The average Bonchev–Trinajstić information content (AvgIpc) is 2.35. The van der Waals surface area contributed by atoms with Crippen molar-refractivity contribution in [3.8, 4) is 5.88 Å². The summed E-state index contributed by atoms with van der Waals surface area (Å²) in [7, 11) is 1.55. The lowest BCUT2D eigenvalue weighted by Crippen LogP contribution is -2.41. The SMILES string of the molecule is COc1ncccc1CNC(=O)[C@@H](N)CC(C)C. The zero-order chi connectivity index (χ0) is 13.5. The van der Waals surface area contributed by atoms with Crippen LogP contribution in [-0.2, 0) is 11.3 Å². The molecule has 3 N–H and O–H groups in total. The van der Waals surface area contributed by atoms with Crippen molar-refractivity contribution in [2.24, 2.45) is 11.7 Å². The molecule has 1 aromatic rings. The molecule has 0 aliphatic carbocycles. The van der Waals surface area contributed by atoms with Crippen LogP contribution in [0.2, 0.25) is 0 Å². The fraction of sp³-hybridized carbons (Fsp3) is 0.538. The Morgan fingerprint density at radius 3 is 2.89 bits per heavy atom. The Morgan fingerprint density at radius 2 is 2.28 bits per heavy atom. The number of methoxy groups -OCH3 is 1. The molecule has 1 heterocycles. The predicted molar refractivity (Wildman–Crippen MR) is 70.1 cm³/mol. The number of ether oxygens (including phenoxy) is 1. The fourth-order valence-electron chi connectivity index (χ4n) is 1.67. The predicted octanol–water partition coefficient (Wildman–Crippen LogP) is 1.08. The number of nitrogens with two attached hydrogens (primary N) is 1. The van der Waals surface area contributed by atoms with Crippen molar-refractivity contribution in [3.05, 3.63) is 23.9 Å². The number of amides is 1. The molecule has 1 amide bonds. The largest absolute Gasteiger partial charge is 0.481 e. The molecule has 0 radical (unpaired) electrons. The van der Waals surface area contributed by atoms with Gasteiger partial charge in [-0.2, -0.15) is 0 Å². The van der Waals surface area contributed by atoms with Gasteiger partial charge in [-0.05, 0) is 18.4 Å². The number of carbonyl (C=O) groups excluding carboxylic acids is 1. The third kappa shape index (κ3) is 4.33. The van der Waals surface area contributed by atoms with E-state index in [1.165, 1.54) is 0 Å². The second kappa shape index (κ2) is 6.96. The molecule has 0 fully saturated rings.